The van der Waals surface area contributed by atoms with Gasteiger partial charge in [-0.1, -0.05) is 26.0 Å². The lowest BCUT2D eigenvalue weighted by molar-refractivity contribution is 0.582. The zero-order valence-electron chi connectivity index (χ0n) is 8.90. The Morgan fingerprint density at radius 3 is 2.13 bits per heavy atom. The topological polar surface area (TPSA) is 34.1 Å². The fourth-order valence-corrected chi connectivity index (χ4v) is 3.12. The smallest absolute Gasteiger partial charge is 0.178 e. The third-order valence-electron chi connectivity index (χ3n) is 1.99. The van der Waals surface area contributed by atoms with Gasteiger partial charge in [-0.25, -0.2) is 8.42 Å². The maximum Gasteiger partial charge on any atom is 0.178 e. The minimum Gasteiger partial charge on any atom is -0.224 e. The molecule has 0 amide bonds. The molecule has 1 rings (SSSR count). The highest BCUT2D eigenvalue weighted by Crippen LogP contribution is 2.15. The second kappa shape index (κ2) is 4.99. The van der Waals surface area contributed by atoms with Crippen LogP contribution in [-0.4, -0.2) is 14.2 Å². The normalized spacial score (nSPS) is 12.0. The van der Waals surface area contributed by atoms with E-state index in [1.807, 2.05) is 13.8 Å². The molecule has 0 saturated carbocycles. The molecule has 0 fully saturated rings. The van der Waals surface area contributed by atoms with Gasteiger partial charge >= 0.3 is 0 Å². The van der Waals surface area contributed by atoms with Crippen LogP contribution in [-0.2, 0) is 15.7 Å². The first-order chi connectivity index (χ1) is 6.95. The lowest BCUT2D eigenvalue weighted by Crippen LogP contribution is -2.11. The maximum atomic E-state index is 11.8. The first-order valence-electron chi connectivity index (χ1n) is 4.83. The van der Waals surface area contributed by atoms with Crippen molar-refractivity contribution in [3.8, 4) is 0 Å². The lowest BCUT2D eigenvalue weighted by atomic mass is 10.2. The summed E-state index contributed by atoms with van der Waals surface area (Å²) >= 11 is 5.63. The van der Waals surface area contributed by atoms with E-state index < -0.39 is 9.84 Å². The molecule has 84 valence electrons. The number of hydrogen-bond donors (Lipinski definition) is 0. The largest absolute Gasteiger partial charge is 0.224 e. The highest BCUT2D eigenvalue weighted by atomic mass is 35.5. The van der Waals surface area contributed by atoms with E-state index in [2.05, 4.69) is 0 Å². The van der Waals surface area contributed by atoms with Crippen molar-refractivity contribution in [1.29, 1.82) is 0 Å². The average molecular weight is 247 g/mol. The maximum absolute atomic E-state index is 11.8. The molecular formula is C11H15ClO2S. The number of hydrogen-bond acceptors (Lipinski definition) is 2. The quantitative estimate of drug-likeness (QED) is 0.766. The Kier molecular flexibility index (Phi) is 4.17. The third kappa shape index (κ3) is 3.50. The van der Waals surface area contributed by atoms with Gasteiger partial charge in [0.2, 0.25) is 0 Å². The Hall–Kier alpha value is -0.540. The fraction of sp³-hybridized carbons (Fsp3) is 0.455. The molecule has 0 spiro atoms. The Bertz CT molecular complexity index is 407. The van der Waals surface area contributed by atoms with E-state index in [-0.39, 0.29) is 11.7 Å². The van der Waals surface area contributed by atoms with Crippen LogP contribution in [0.25, 0.3) is 0 Å². The van der Waals surface area contributed by atoms with Crippen molar-refractivity contribution in [1.82, 2.24) is 0 Å². The number of halogens is 1. The van der Waals surface area contributed by atoms with E-state index in [1.165, 1.54) is 0 Å². The molecular weight excluding hydrogens is 232 g/mol. The summed E-state index contributed by atoms with van der Waals surface area (Å²) in [4.78, 5) is 0.380. The molecule has 0 unspecified atom stereocenters. The number of alkyl halides is 1. The van der Waals surface area contributed by atoms with E-state index in [1.54, 1.807) is 24.3 Å². The Morgan fingerprint density at radius 1 is 1.20 bits per heavy atom. The first kappa shape index (κ1) is 12.5. The van der Waals surface area contributed by atoms with E-state index in [9.17, 15) is 8.42 Å². The van der Waals surface area contributed by atoms with Gasteiger partial charge in [-0.15, -0.1) is 11.6 Å². The SMILES string of the molecule is CC(C)CS(=O)(=O)c1ccc(CCl)cc1. The predicted molar refractivity (Wildman–Crippen MR) is 62.9 cm³/mol. The molecule has 0 bridgehead atoms. The van der Waals surface area contributed by atoms with Crippen molar-refractivity contribution in [2.45, 2.75) is 24.6 Å². The van der Waals surface area contributed by atoms with Gasteiger partial charge in [0.05, 0.1) is 10.6 Å². The van der Waals surface area contributed by atoms with Crippen molar-refractivity contribution in [3.63, 3.8) is 0 Å². The van der Waals surface area contributed by atoms with Crippen LogP contribution < -0.4 is 0 Å². The molecule has 0 N–H and O–H groups in total. The zero-order chi connectivity index (χ0) is 11.5. The van der Waals surface area contributed by atoms with Crippen LogP contribution in [0.1, 0.15) is 19.4 Å². The Balaban J connectivity index is 2.96. The van der Waals surface area contributed by atoms with E-state index in [0.29, 0.717) is 10.8 Å². The van der Waals surface area contributed by atoms with Crippen molar-refractivity contribution < 1.29 is 8.42 Å². The molecule has 2 nitrogen and oxygen atoms in total. The molecule has 0 aliphatic carbocycles. The second-order valence-corrected chi connectivity index (χ2v) is 6.25. The lowest BCUT2D eigenvalue weighted by Gasteiger charge is -2.07. The summed E-state index contributed by atoms with van der Waals surface area (Å²) in [5, 5.41) is 0. The molecule has 15 heavy (non-hydrogen) atoms. The van der Waals surface area contributed by atoms with Crippen LogP contribution >= 0.6 is 11.6 Å². The third-order valence-corrected chi connectivity index (χ3v) is 4.39. The van der Waals surface area contributed by atoms with Gasteiger partial charge in [0.25, 0.3) is 0 Å². The van der Waals surface area contributed by atoms with Crippen LogP contribution in [0.4, 0.5) is 0 Å². The van der Waals surface area contributed by atoms with Crippen molar-refractivity contribution in [3.05, 3.63) is 29.8 Å². The van der Waals surface area contributed by atoms with Crippen molar-refractivity contribution >= 4 is 21.4 Å². The van der Waals surface area contributed by atoms with Gasteiger partial charge in [-0.3, -0.25) is 0 Å². The summed E-state index contributed by atoms with van der Waals surface area (Å²) in [6.45, 7) is 3.79. The number of benzene rings is 1. The van der Waals surface area contributed by atoms with Crippen LogP contribution in [0.3, 0.4) is 0 Å². The minimum atomic E-state index is -3.13. The molecule has 0 aromatic heterocycles. The van der Waals surface area contributed by atoms with E-state index in [4.69, 9.17) is 11.6 Å². The molecule has 0 atom stereocenters. The number of rotatable bonds is 4. The summed E-state index contributed by atoms with van der Waals surface area (Å²) in [5.41, 5.74) is 0.931. The first-order valence-corrected chi connectivity index (χ1v) is 7.02. The van der Waals surface area contributed by atoms with E-state index >= 15 is 0 Å². The Labute approximate surface area is 96.2 Å². The summed E-state index contributed by atoms with van der Waals surface area (Å²) < 4.78 is 23.6. The zero-order valence-corrected chi connectivity index (χ0v) is 10.5. The second-order valence-electron chi connectivity index (χ2n) is 3.95. The summed E-state index contributed by atoms with van der Waals surface area (Å²) in [7, 11) is -3.13. The molecule has 0 aliphatic rings. The predicted octanol–water partition coefficient (Wildman–Crippen LogP) is 2.86. The highest BCUT2D eigenvalue weighted by Gasteiger charge is 2.15. The molecule has 0 radical (unpaired) electrons. The minimum absolute atomic E-state index is 0.141. The van der Waals surface area contributed by atoms with Gasteiger partial charge in [-0.05, 0) is 23.6 Å². The van der Waals surface area contributed by atoms with Gasteiger partial charge < -0.3 is 0 Å². The van der Waals surface area contributed by atoms with Crippen molar-refractivity contribution in [2.75, 3.05) is 5.75 Å². The van der Waals surface area contributed by atoms with Crippen LogP contribution in [0, 0.1) is 5.92 Å². The average Bonchev–Trinajstić information content (AvgIpc) is 2.16. The van der Waals surface area contributed by atoms with E-state index in [0.717, 1.165) is 5.56 Å². The fourth-order valence-electron chi connectivity index (χ4n) is 1.32. The molecule has 4 heteroatoms. The summed E-state index contributed by atoms with van der Waals surface area (Å²) in [6.07, 6.45) is 0. The Morgan fingerprint density at radius 2 is 1.73 bits per heavy atom. The summed E-state index contributed by atoms with van der Waals surface area (Å²) in [6, 6.07) is 6.74. The van der Waals surface area contributed by atoms with Gasteiger partial charge in [0.15, 0.2) is 9.84 Å². The standard InChI is InChI=1S/C11H15ClO2S/c1-9(2)8-15(13,14)11-5-3-10(7-12)4-6-11/h3-6,9H,7-8H2,1-2H3. The van der Waals surface area contributed by atoms with Gasteiger partial charge in [-0.2, -0.15) is 0 Å². The number of sulfone groups is 1. The molecule has 0 heterocycles. The van der Waals surface area contributed by atoms with Crippen molar-refractivity contribution in [2.24, 2.45) is 5.92 Å². The molecule has 1 aromatic carbocycles. The molecule has 0 saturated heterocycles. The molecule has 0 aliphatic heterocycles. The van der Waals surface area contributed by atoms with Crippen LogP contribution in [0.5, 0.6) is 0 Å². The van der Waals surface area contributed by atoms with Crippen LogP contribution in [0.2, 0.25) is 0 Å². The summed E-state index contributed by atoms with van der Waals surface area (Å²) in [5.74, 6) is 0.736. The van der Waals surface area contributed by atoms with Gasteiger partial charge in [0, 0.05) is 5.88 Å². The van der Waals surface area contributed by atoms with Crippen LogP contribution in [0.15, 0.2) is 29.2 Å². The molecule has 1 aromatic rings. The van der Waals surface area contributed by atoms with Gasteiger partial charge in [0.1, 0.15) is 0 Å². The highest BCUT2D eigenvalue weighted by molar-refractivity contribution is 7.91. The monoisotopic (exact) mass is 246 g/mol.